The van der Waals surface area contributed by atoms with Gasteiger partial charge in [0.15, 0.2) is 0 Å². The summed E-state index contributed by atoms with van der Waals surface area (Å²) in [5.74, 6) is 0.688. The number of pyridine rings is 1. The fraction of sp³-hybridized carbons (Fsp3) is 0.421. The van der Waals surface area contributed by atoms with E-state index in [4.69, 9.17) is 0 Å². The van der Waals surface area contributed by atoms with Crippen LogP contribution in [0.2, 0.25) is 0 Å². The number of hydrogen-bond donors (Lipinski definition) is 0. The van der Waals surface area contributed by atoms with Gasteiger partial charge in [-0.2, -0.15) is 0 Å². The first-order valence-electron chi connectivity index (χ1n) is 7.42. The predicted molar refractivity (Wildman–Crippen MR) is 86.9 cm³/mol. The smallest absolute Gasteiger partial charge is 0.0349 e. The Bertz CT molecular complexity index is 582. The molecule has 1 nitrogen and oxygen atoms in total. The van der Waals surface area contributed by atoms with Gasteiger partial charge in [0.05, 0.1) is 0 Å². The molecule has 0 aliphatic heterocycles. The normalized spacial score (nSPS) is 11.9. The lowest BCUT2D eigenvalue weighted by Gasteiger charge is -2.30. The van der Waals surface area contributed by atoms with Gasteiger partial charge in [0.2, 0.25) is 0 Å². The Hall–Kier alpha value is -1.63. The van der Waals surface area contributed by atoms with Gasteiger partial charge in [-0.15, -0.1) is 0 Å². The molecule has 0 aliphatic rings. The van der Waals surface area contributed by atoms with E-state index in [-0.39, 0.29) is 5.41 Å². The highest BCUT2D eigenvalue weighted by molar-refractivity contribution is 5.70. The summed E-state index contributed by atoms with van der Waals surface area (Å²) in [6, 6.07) is 10.8. The molecule has 0 unspecified atom stereocenters. The quantitative estimate of drug-likeness (QED) is 0.724. The van der Waals surface area contributed by atoms with Gasteiger partial charge in [-0.3, -0.25) is 4.98 Å². The number of benzene rings is 1. The van der Waals surface area contributed by atoms with Crippen molar-refractivity contribution < 1.29 is 0 Å². The van der Waals surface area contributed by atoms with Crippen molar-refractivity contribution in [1.82, 2.24) is 4.98 Å². The summed E-state index contributed by atoms with van der Waals surface area (Å²) in [4.78, 5) is 4.31. The molecule has 2 rings (SSSR count). The van der Waals surface area contributed by atoms with E-state index in [1.807, 2.05) is 12.4 Å². The fourth-order valence-electron chi connectivity index (χ4n) is 3.18. The summed E-state index contributed by atoms with van der Waals surface area (Å²) in [5, 5.41) is 0. The molecular weight excluding hydrogens is 242 g/mol. The lowest BCUT2D eigenvalue weighted by molar-refractivity contribution is 0.400. The van der Waals surface area contributed by atoms with Gasteiger partial charge in [-0.1, -0.05) is 52.0 Å². The summed E-state index contributed by atoms with van der Waals surface area (Å²) in [6.45, 7) is 11.4. The van der Waals surface area contributed by atoms with Crippen LogP contribution in [0.4, 0.5) is 0 Å². The Morgan fingerprint density at radius 3 is 2.40 bits per heavy atom. The molecule has 1 aromatic heterocycles. The molecular formula is C19H25N. The van der Waals surface area contributed by atoms with E-state index < -0.39 is 0 Å². The SMILES string of the molecule is Cc1ccncc1-c1ccccc1C(C)(C)CC(C)C. The second-order valence-electron chi connectivity index (χ2n) is 6.72. The third kappa shape index (κ3) is 3.09. The van der Waals surface area contributed by atoms with Crippen LogP contribution in [0.5, 0.6) is 0 Å². The highest BCUT2D eigenvalue weighted by Crippen LogP contribution is 2.37. The Morgan fingerprint density at radius 1 is 1.05 bits per heavy atom. The van der Waals surface area contributed by atoms with Crippen molar-refractivity contribution in [3.05, 3.63) is 53.9 Å². The molecule has 0 fully saturated rings. The summed E-state index contributed by atoms with van der Waals surface area (Å²) >= 11 is 0. The van der Waals surface area contributed by atoms with Crippen molar-refractivity contribution in [3.8, 4) is 11.1 Å². The van der Waals surface area contributed by atoms with Crippen molar-refractivity contribution in [2.75, 3.05) is 0 Å². The molecule has 0 N–H and O–H groups in total. The maximum atomic E-state index is 4.31. The number of nitrogens with zero attached hydrogens (tertiary/aromatic N) is 1. The number of hydrogen-bond acceptors (Lipinski definition) is 1. The van der Waals surface area contributed by atoms with Gasteiger partial charge in [0.25, 0.3) is 0 Å². The first-order chi connectivity index (χ1) is 9.42. The second kappa shape index (κ2) is 5.78. The minimum absolute atomic E-state index is 0.174. The molecule has 0 saturated heterocycles. The van der Waals surface area contributed by atoms with Crippen LogP contribution in [0.25, 0.3) is 11.1 Å². The van der Waals surface area contributed by atoms with Gasteiger partial charge in [0, 0.05) is 18.0 Å². The molecule has 0 amide bonds. The fourth-order valence-corrected chi connectivity index (χ4v) is 3.18. The van der Waals surface area contributed by atoms with E-state index in [0.29, 0.717) is 5.92 Å². The summed E-state index contributed by atoms with van der Waals surface area (Å²) in [6.07, 6.45) is 5.03. The molecule has 0 atom stereocenters. The Labute approximate surface area is 123 Å². The van der Waals surface area contributed by atoms with E-state index in [2.05, 4.69) is 69.9 Å². The van der Waals surface area contributed by atoms with E-state index in [9.17, 15) is 0 Å². The van der Waals surface area contributed by atoms with Crippen LogP contribution in [0.15, 0.2) is 42.7 Å². The molecule has 0 bridgehead atoms. The lowest BCUT2D eigenvalue weighted by Crippen LogP contribution is -2.20. The molecule has 2 aromatic rings. The molecule has 1 heterocycles. The number of aromatic nitrogens is 1. The molecule has 1 heteroatoms. The van der Waals surface area contributed by atoms with Crippen molar-refractivity contribution in [2.24, 2.45) is 5.92 Å². The predicted octanol–water partition coefficient (Wildman–Crippen LogP) is 5.38. The van der Waals surface area contributed by atoms with Crippen LogP contribution in [0, 0.1) is 12.8 Å². The van der Waals surface area contributed by atoms with E-state index in [1.54, 1.807) is 0 Å². The van der Waals surface area contributed by atoms with Crippen LogP contribution in [0.3, 0.4) is 0 Å². The largest absolute Gasteiger partial charge is 0.264 e. The molecule has 106 valence electrons. The van der Waals surface area contributed by atoms with Gasteiger partial charge in [-0.05, 0) is 47.4 Å². The number of aryl methyl sites for hydroxylation is 1. The Kier molecular flexibility index (Phi) is 4.27. The minimum atomic E-state index is 0.174. The van der Waals surface area contributed by atoms with Gasteiger partial charge in [-0.25, -0.2) is 0 Å². The third-order valence-electron chi connectivity index (χ3n) is 3.90. The van der Waals surface area contributed by atoms with Crippen LogP contribution >= 0.6 is 0 Å². The zero-order chi connectivity index (χ0) is 14.8. The van der Waals surface area contributed by atoms with E-state index >= 15 is 0 Å². The topological polar surface area (TPSA) is 12.9 Å². The summed E-state index contributed by atoms with van der Waals surface area (Å²) in [5.41, 5.74) is 5.45. The standard InChI is InChI=1S/C19H25N/c1-14(2)12-19(4,5)18-9-7-6-8-16(18)17-13-20-11-10-15(17)3/h6-11,13-14H,12H2,1-5H3. The van der Waals surface area contributed by atoms with Gasteiger partial charge in [0.1, 0.15) is 0 Å². The first kappa shape index (κ1) is 14.8. The average Bonchev–Trinajstić information content (AvgIpc) is 2.38. The highest BCUT2D eigenvalue weighted by Gasteiger charge is 2.25. The Morgan fingerprint density at radius 2 is 1.75 bits per heavy atom. The van der Waals surface area contributed by atoms with Crippen molar-refractivity contribution in [2.45, 2.75) is 46.5 Å². The van der Waals surface area contributed by atoms with Crippen LogP contribution < -0.4 is 0 Å². The monoisotopic (exact) mass is 267 g/mol. The second-order valence-corrected chi connectivity index (χ2v) is 6.72. The highest BCUT2D eigenvalue weighted by atomic mass is 14.6. The maximum Gasteiger partial charge on any atom is 0.0349 e. The first-order valence-corrected chi connectivity index (χ1v) is 7.42. The zero-order valence-corrected chi connectivity index (χ0v) is 13.3. The molecule has 0 radical (unpaired) electrons. The minimum Gasteiger partial charge on any atom is -0.264 e. The van der Waals surface area contributed by atoms with Crippen molar-refractivity contribution >= 4 is 0 Å². The molecule has 0 spiro atoms. The van der Waals surface area contributed by atoms with Gasteiger partial charge >= 0.3 is 0 Å². The molecule has 0 saturated carbocycles. The molecule has 1 aromatic carbocycles. The Balaban J connectivity index is 2.54. The summed E-state index contributed by atoms with van der Waals surface area (Å²) < 4.78 is 0. The van der Waals surface area contributed by atoms with E-state index in [0.717, 1.165) is 0 Å². The number of rotatable bonds is 4. The zero-order valence-electron chi connectivity index (χ0n) is 13.3. The van der Waals surface area contributed by atoms with Crippen LogP contribution in [-0.2, 0) is 5.41 Å². The van der Waals surface area contributed by atoms with Gasteiger partial charge < -0.3 is 0 Å². The van der Waals surface area contributed by atoms with Crippen molar-refractivity contribution in [3.63, 3.8) is 0 Å². The maximum absolute atomic E-state index is 4.31. The average molecular weight is 267 g/mol. The summed E-state index contributed by atoms with van der Waals surface area (Å²) in [7, 11) is 0. The van der Waals surface area contributed by atoms with Crippen molar-refractivity contribution in [1.29, 1.82) is 0 Å². The van der Waals surface area contributed by atoms with E-state index in [1.165, 1.54) is 28.7 Å². The lowest BCUT2D eigenvalue weighted by atomic mass is 9.75. The van der Waals surface area contributed by atoms with Crippen LogP contribution in [0.1, 0.15) is 45.2 Å². The molecule has 0 aliphatic carbocycles. The molecule has 20 heavy (non-hydrogen) atoms. The third-order valence-corrected chi connectivity index (χ3v) is 3.90. The van der Waals surface area contributed by atoms with Crippen LogP contribution in [-0.4, -0.2) is 4.98 Å².